The quantitative estimate of drug-likeness (QED) is 0.395. The molecule has 0 amide bonds. The van der Waals surface area contributed by atoms with E-state index in [0.29, 0.717) is 10.8 Å². The van der Waals surface area contributed by atoms with Crippen molar-refractivity contribution in [2.45, 2.75) is 134 Å². The molecule has 0 saturated carbocycles. The van der Waals surface area contributed by atoms with E-state index in [1.165, 1.54) is 57.8 Å². The van der Waals surface area contributed by atoms with E-state index in [-0.39, 0.29) is 0 Å². The van der Waals surface area contributed by atoms with Crippen molar-refractivity contribution in [1.82, 2.24) is 0 Å². The van der Waals surface area contributed by atoms with Gasteiger partial charge in [-0.1, -0.05) is 134 Å². The first-order valence-corrected chi connectivity index (χ1v) is 10.7. The van der Waals surface area contributed by atoms with Gasteiger partial charge >= 0.3 is 0 Å². The summed E-state index contributed by atoms with van der Waals surface area (Å²) in [7, 11) is 0. The average Bonchev–Trinajstić information content (AvgIpc) is 2.63. The van der Waals surface area contributed by atoms with Crippen LogP contribution in [0.4, 0.5) is 0 Å². The Kier molecular flexibility index (Phi) is 20.4. The van der Waals surface area contributed by atoms with Crippen molar-refractivity contribution in [3.8, 4) is 0 Å². The highest BCUT2D eigenvalue weighted by molar-refractivity contribution is 4.72. The molecule has 0 saturated heterocycles. The molecule has 0 aliphatic carbocycles. The fourth-order valence-electron chi connectivity index (χ4n) is 2.54. The van der Waals surface area contributed by atoms with Crippen molar-refractivity contribution in [3.63, 3.8) is 0 Å². The molecule has 0 atom stereocenters. The van der Waals surface area contributed by atoms with E-state index in [4.69, 9.17) is 0 Å². The van der Waals surface area contributed by atoms with E-state index < -0.39 is 0 Å². The predicted molar refractivity (Wildman–Crippen MR) is 112 cm³/mol. The average molecular weight is 329 g/mol. The predicted octanol–water partition coefficient (Wildman–Crippen LogP) is 9.28. The lowest BCUT2D eigenvalue weighted by Gasteiger charge is -2.28. The molecule has 0 heterocycles. The second kappa shape index (κ2) is 16.8. The Bertz CT molecular complexity index is 178. The molecule has 0 heteroatoms. The maximum atomic E-state index is 2.35. The van der Waals surface area contributed by atoms with Gasteiger partial charge in [0.05, 0.1) is 0 Å². The van der Waals surface area contributed by atoms with E-state index in [1.54, 1.807) is 0 Å². The molecule has 0 aromatic rings. The lowest BCUT2D eigenvalue weighted by Crippen LogP contribution is -2.15. The van der Waals surface area contributed by atoms with Crippen LogP contribution in [0, 0.1) is 16.7 Å². The molecule has 0 aliphatic rings. The van der Waals surface area contributed by atoms with Gasteiger partial charge in [0.1, 0.15) is 0 Å². The molecular weight excluding hydrogens is 276 g/mol. The molecule has 144 valence electrons. The third-order valence-electron chi connectivity index (χ3n) is 6.95. The van der Waals surface area contributed by atoms with Gasteiger partial charge in [-0.15, -0.1) is 0 Å². The van der Waals surface area contributed by atoms with Crippen LogP contribution >= 0.6 is 0 Å². The minimum absolute atomic E-state index is 0.625. The summed E-state index contributed by atoms with van der Waals surface area (Å²) in [5.74, 6) is 0.935. The van der Waals surface area contributed by atoms with Crippen LogP contribution in [0.15, 0.2) is 0 Å². The van der Waals surface area contributed by atoms with E-state index in [9.17, 15) is 0 Å². The molecule has 0 rings (SSSR count). The van der Waals surface area contributed by atoms with Crippen LogP contribution in [-0.2, 0) is 0 Å². The van der Waals surface area contributed by atoms with Crippen LogP contribution in [0.3, 0.4) is 0 Å². The molecule has 0 aromatic heterocycles. The largest absolute Gasteiger partial charge is 0.0651 e. The molecule has 0 aromatic carbocycles. The van der Waals surface area contributed by atoms with Crippen LogP contribution in [0.2, 0.25) is 0 Å². The van der Waals surface area contributed by atoms with Crippen LogP contribution < -0.4 is 0 Å². The van der Waals surface area contributed by atoms with Gasteiger partial charge in [-0.25, -0.2) is 0 Å². The highest BCUT2D eigenvalue weighted by atomic mass is 14.3. The molecule has 0 N–H and O–H groups in total. The van der Waals surface area contributed by atoms with Crippen LogP contribution in [-0.4, -0.2) is 0 Å². The van der Waals surface area contributed by atoms with Crippen molar-refractivity contribution in [2.24, 2.45) is 16.7 Å². The molecule has 0 bridgehead atoms. The number of hydrogen-bond acceptors (Lipinski definition) is 0. The van der Waals surface area contributed by atoms with Gasteiger partial charge in [0.25, 0.3) is 0 Å². The fraction of sp³-hybridized carbons (Fsp3) is 1.00. The van der Waals surface area contributed by atoms with E-state index in [2.05, 4.69) is 76.2 Å². The Balaban J connectivity index is -0.000000266. The van der Waals surface area contributed by atoms with Gasteiger partial charge in [-0.3, -0.25) is 0 Å². The van der Waals surface area contributed by atoms with Gasteiger partial charge in [0.15, 0.2) is 0 Å². The Labute approximate surface area is 151 Å². The summed E-state index contributed by atoms with van der Waals surface area (Å²) < 4.78 is 0. The summed E-state index contributed by atoms with van der Waals surface area (Å²) in [5.41, 5.74) is 1.29. The fourth-order valence-corrected chi connectivity index (χ4v) is 2.54. The molecule has 0 fully saturated rings. The standard InChI is InChI=1S/C9H20.C8H18.C6H14/c1-5-9(6-2,7-3)8-4;1-5-8(4,6-2)7-3;1-4-6(3)5-2/h5-8H2,1-4H3;5-7H2,1-4H3;6H,4-5H2,1-3H3. The van der Waals surface area contributed by atoms with E-state index in [1.807, 2.05) is 0 Å². The normalized spacial score (nSPS) is 11.5. The van der Waals surface area contributed by atoms with Crippen LogP contribution in [0.5, 0.6) is 0 Å². The highest BCUT2D eigenvalue weighted by Crippen LogP contribution is 2.33. The summed E-state index contributed by atoms with van der Waals surface area (Å²) in [6, 6.07) is 0. The zero-order valence-electron chi connectivity index (χ0n) is 18.9. The minimum atomic E-state index is 0.625. The summed E-state index contributed by atoms with van der Waals surface area (Å²) in [4.78, 5) is 0. The first kappa shape index (κ1) is 27.8. The molecule has 23 heavy (non-hydrogen) atoms. The maximum Gasteiger partial charge on any atom is -0.0308 e. The third kappa shape index (κ3) is 14.1. The zero-order chi connectivity index (χ0) is 18.9. The van der Waals surface area contributed by atoms with Crippen molar-refractivity contribution in [3.05, 3.63) is 0 Å². The monoisotopic (exact) mass is 328 g/mol. The van der Waals surface area contributed by atoms with Crippen molar-refractivity contribution in [2.75, 3.05) is 0 Å². The van der Waals surface area contributed by atoms with Gasteiger partial charge < -0.3 is 0 Å². The van der Waals surface area contributed by atoms with Crippen molar-refractivity contribution < 1.29 is 0 Å². The first-order chi connectivity index (χ1) is 10.7. The smallest absolute Gasteiger partial charge is 0.0308 e. The lowest BCUT2D eigenvalue weighted by molar-refractivity contribution is 0.240. The second-order valence-corrected chi connectivity index (χ2v) is 7.71. The SMILES string of the molecule is CCC(C)(CC)CC.CCC(C)CC.CCC(CC)(CC)CC. The van der Waals surface area contributed by atoms with Crippen LogP contribution in [0.25, 0.3) is 0 Å². The topological polar surface area (TPSA) is 0 Å². The lowest BCUT2D eigenvalue weighted by atomic mass is 9.78. The van der Waals surface area contributed by atoms with Gasteiger partial charge in [0.2, 0.25) is 0 Å². The Morgan fingerprint density at radius 2 is 0.783 bits per heavy atom. The Morgan fingerprint density at radius 3 is 0.783 bits per heavy atom. The van der Waals surface area contributed by atoms with Crippen molar-refractivity contribution in [1.29, 1.82) is 0 Å². The van der Waals surface area contributed by atoms with Crippen molar-refractivity contribution >= 4 is 0 Å². The molecule has 0 nitrogen and oxygen atoms in total. The first-order valence-electron chi connectivity index (χ1n) is 10.7. The number of rotatable bonds is 9. The minimum Gasteiger partial charge on any atom is -0.0651 e. The second-order valence-electron chi connectivity index (χ2n) is 7.71. The van der Waals surface area contributed by atoms with Gasteiger partial charge in [0, 0.05) is 0 Å². The zero-order valence-corrected chi connectivity index (χ0v) is 18.9. The highest BCUT2D eigenvalue weighted by Gasteiger charge is 2.20. The molecule has 0 aliphatic heterocycles. The van der Waals surface area contributed by atoms with E-state index in [0.717, 1.165) is 5.92 Å². The Hall–Kier alpha value is 0. The molecular formula is C23H52. The van der Waals surface area contributed by atoms with Gasteiger partial charge in [-0.2, -0.15) is 0 Å². The summed E-state index contributed by atoms with van der Waals surface area (Å²) in [6.45, 7) is 25.1. The molecule has 0 unspecified atom stereocenters. The number of hydrogen-bond donors (Lipinski definition) is 0. The third-order valence-corrected chi connectivity index (χ3v) is 6.95. The summed E-state index contributed by atoms with van der Waals surface area (Å²) in [5, 5.41) is 0. The summed E-state index contributed by atoms with van der Waals surface area (Å²) in [6.07, 6.45) is 12.0. The van der Waals surface area contributed by atoms with E-state index >= 15 is 0 Å². The Morgan fingerprint density at radius 1 is 0.522 bits per heavy atom. The molecule has 0 radical (unpaired) electrons. The molecule has 0 spiro atoms. The maximum absolute atomic E-state index is 2.35. The van der Waals surface area contributed by atoms with Crippen LogP contribution in [0.1, 0.15) is 134 Å². The van der Waals surface area contributed by atoms with Gasteiger partial charge in [-0.05, 0) is 16.7 Å². The summed E-state index contributed by atoms with van der Waals surface area (Å²) >= 11 is 0.